The second kappa shape index (κ2) is 6.43. The normalized spacial score (nSPS) is 25.2. The summed E-state index contributed by atoms with van der Waals surface area (Å²) in [5.41, 5.74) is 2.31. The van der Waals surface area contributed by atoms with Crippen molar-refractivity contribution >= 4 is 11.6 Å². The van der Waals surface area contributed by atoms with Gasteiger partial charge in [0.15, 0.2) is 0 Å². The number of nitrogens with one attached hydrogen (secondary N) is 1. The third kappa shape index (κ3) is 3.24. The number of hydrogen-bond acceptors (Lipinski definition) is 4. The van der Waals surface area contributed by atoms with Crippen molar-refractivity contribution in [1.29, 1.82) is 5.26 Å². The maximum Gasteiger partial charge on any atom is 0.215 e. The van der Waals surface area contributed by atoms with Gasteiger partial charge in [-0.25, -0.2) is 4.98 Å². The molecule has 1 aromatic carbocycles. The second-order valence-corrected chi connectivity index (χ2v) is 6.98. The number of nitriles is 1. The molecule has 2 aliphatic rings. The van der Waals surface area contributed by atoms with Crippen LogP contribution in [0.5, 0.6) is 5.88 Å². The maximum absolute atomic E-state index is 8.91. The van der Waals surface area contributed by atoms with Crippen LogP contribution in [0.25, 0.3) is 11.3 Å². The summed E-state index contributed by atoms with van der Waals surface area (Å²) >= 11 is 6.26. The molecule has 122 valence electrons. The van der Waals surface area contributed by atoms with E-state index < -0.39 is 0 Å². The zero-order valence-corrected chi connectivity index (χ0v) is 14.0. The number of aromatic nitrogens is 1. The van der Waals surface area contributed by atoms with Crippen molar-refractivity contribution in [3.05, 3.63) is 47.0 Å². The highest BCUT2D eigenvalue weighted by molar-refractivity contribution is 6.30. The van der Waals surface area contributed by atoms with Crippen LogP contribution in [-0.4, -0.2) is 23.2 Å². The lowest BCUT2D eigenvalue weighted by molar-refractivity contribution is 0.132. The number of pyridine rings is 1. The number of hydrogen-bond donors (Lipinski definition) is 1. The maximum atomic E-state index is 8.91. The van der Waals surface area contributed by atoms with Crippen LogP contribution in [0.3, 0.4) is 0 Å². The van der Waals surface area contributed by atoms with E-state index in [4.69, 9.17) is 21.6 Å². The lowest BCUT2D eigenvalue weighted by Gasteiger charge is -2.29. The topological polar surface area (TPSA) is 57.9 Å². The van der Waals surface area contributed by atoms with Crippen molar-refractivity contribution < 1.29 is 4.74 Å². The summed E-state index contributed by atoms with van der Waals surface area (Å²) in [5, 5.41) is 13.1. The highest BCUT2D eigenvalue weighted by Crippen LogP contribution is 2.31. The Bertz CT molecular complexity index is 772. The van der Waals surface area contributed by atoms with Crippen molar-refractivity contribution in [3.8, 4) is 23.2 Å². The third-order valence-corrected chi connectivity index (χ3v) is 5.01. The fraction of sp³-hybridized carbons (Fsp3) is 0.368. The molecule has 4 rings (SSSR count). The van der Waals surface area contributed by atoms with Gasteiger partial charge in [-0.15, -0.1) is 0 Å². The molecular weight excluding hydrogens is 322 g/mol. The fourth-order valence-electron chi connectivity index (χ4n) is 3.67. The summed E-state index contributed by atoms with van der Waals surface area (Å²) < 4.78 is 6.14. The number of piperidine rings is 1. The van der Waals surface area contributed by atoms with E-state index in [2.05, 4.69) is 16.4 Å². The molecule has 5 heteroatoms. The molecule has 2 aliphatic heterocycles. The van der Waals surface area contributed by atoms with Gasteiger partial charge < -0.3 is 10.1 Å². The van der Waals surface area contributed by atoms with Gasteiger partial charge in [-0.2, -0.15) is 5.26 Å². The molecule has 0 spiro atoms. The van der Waals surface area contributed by atoms with Gasteiger partial charge in [0.2, 0.25) is 5.88 Å². The smallest absolute Gasteiger partial charge is 0.215 e. The van der Waals surface area contributed by atoms with Crippen LogP contribution >= 0.6 is 11.6 Å². The molecule has 3 atom stereocenters. The Hall–Kier alpha value is -2.09. The largest absolute Gasteiger partial charge is 0.474 e. The van der Waals surface area contributed by atoms with Crippen LogP contribution in [0.15, 0.2) is 36.4 Å². The Morgan fingerprint density at radius 1 is 1.12 bits per heavy atom. The first-order valence-electron chi connectivity index (χ1n) is 8.30. The Kier molecular flexibility index (Phi) is 4.13. The molecular formula is C19H18ClN3O. The van der Waals surface area contributed by atoms with Crippen LogP contribution in [0, 0.1) is 11.3 Å². The summed E-state index contributed by atoms with van der Waals surface area (Å²) in [5.74, 6) is 0.577. The van der Waals surface area contributed by atoms with Crippen molar-refractivity contribution in [3.63, 3.8) is 0 Å². The van der Waals surface area contributed by atoms with Crippen molar-refractivity contribution in [2.24, 2.45) is 0 Å². The van der Waals surface area contributed by atoms with Crippen LogP contribution in [0.2, 0.25) is 5.02 Å². The van der Waals surface area contributed by atoms with Gasteiger partial charge in [0.25, 0.3) is 0 Å². The van der Waals surface area contributed by atoms with E-state index in [9.17, 15) is 0 Å². The minimum atomic E-state index is 0.198. The Morgan fingerprint density at radius 2 is 1.83 bits per heavy atom. The number of rotatable bonds is 3. The van der Waals surface area contributed by atoms with Gasteiger partial charge in [-0.1, -0.05) is 23.7 Å². The Labute approximate surface area is 146 Å². The highest BCUT2D eigenvalue weighted by Gasteiger charge is 2.34. The van der Waals surface area contributed by atoms with Gasteiger partial charge in [0.1, 0.15) is 6.10 Å². The predicted octanol–water partition coefficient (Wildman–Crippen LogP) is 3.94. The average Bonchev–Trinajstić information content (AvgIpc) is 2.93. The van der Waals surface area contributed by atoms with Gasteiger partial charge in [0.05, 0.1) is 17.3 Å². The second-order valence-electron chi connectivity index (χ2n) is 6.55. The van der Waals surface area contributed by atoms with Gasteiger partial charge in [-0.3, -0.25) is 0 Å². The molecule has 4 nitrogen and oxygen atoms in total. The van der Waals surface area contributed by atoms with Crippen LogP contribution in [0.4, 0.5) is 0 Å². The number of fused-ring (bicyclic) bond motifs is 2. The molecule has 0 unspecified atom stereocenters. The van der Waals surface area contributed by atoms with E-state index in [-0.39, 0.29) is 6.10 Å². The monoisotopic (exact) mass is 339 g/mol. The van der Waals surface area contributed by atoms with E-state index in [1.807, 2.05) is 18.2 Å². The van der Waals surface area contributed by atoms with Crippen molar-refractivity contribution in [2.45, 2.75) is 43.9 Å². The van der Waals surface area contributed by atoms with Gasteiger partial charge >= 0.3 is 0 Å². The molecule has 0 saturated carbocycles. The summed E-state index contributed by atoms with van der Waals surface area (Å²) in [4.78, 5) is 4.61. The summed E-state index contributed by atoms with van der Waals surface area (Å²) in [6.07, 6.45) is 4.73. The Morgan fingerprint density at radius 3 is 2.50 bits per heavy atom. The molecule has 24 heavy (non-hydrogen) atoms. The molecule has 3 heterocycles. The highest BCUT2D eigenvalue weighted by atomic mass is 35.5. The molecule has 0 amide bonds. The Balaban J connectivity index is 1.55. The first kappa shape index (κ1) is 15.4. The number of halogens is 1. The SMILES string of the molecule is N#Cc1ccc(-c2cc(Cl)cc(O[C@@H]3C[C@H]4CC[C@@H](C3)N4)n2)cc1. The molecule has 1 N–H and O–H groups in total. The fourth-order valence-corrected chi connectivity index (χ4v) is 3.87. The van der Waals surface area contributed by atoms with E-state index in [0.717, 1.165) is 24.1 Å². The van der Waals surface area contributed by atoms with E-state index in [1.165, 1.54) is 12.8 Å². The molecule has 2 aromatic rings. The zero-order valence-electron chi connectivity index (χ0n) is 13.2. The standard InChI is InChI=1S/C19H18ClN3O/c20-14-7-18(13-3-1-12(11-21)2-4-13)23-19(8-14)24-17-9-15-5-6-16(10-17)22-15/h1-4,7-8,15-17,22H,5-6,9-10H2/t15-,16+,17-. The summed E-state index contributed by atoms with van der Waals surface area (Å²) in [6, 6.07) is 14.2. The lowest BCUT2D eigenvalue weighted by Crippen LogP contribution is -2.42. The number of ether oxygens (including phenoxy) is 1. The third-order valence-electron chi connectivity index (χ3n) is 4.79. The van der Waals surface area contributed by atoms with Crippen LogP contribution in [-0.2, 0) is 0 Å². The molecule has 1 aromatic heterocycles. The molecule has 0 radical (unpaired) electrons. The first-order valence-corrected chi connectivity index (χ1v) is 8.68. The van der Waals surface area contributed by atoms with Crippen molar-refractivity contribution in [1.82, 2.24) is 10.3 Å². The molecule has 2 saturated heterocycles. The average molecular weight is 340 g/mol. The predicted molar refractivity (Wildman–Crippen MR) is 93.0 cm³/mol. The zero-order chi connectivity index (χ0) is 16.5. The van der Waals surface area contributed by atoms with Gasteiger partial charge in [0, 0.05) is 28.7 Å². The minimum absolute atomic E-state index is 0.198. The summed E-state index contributed by atoms with van der Waals surface area (Å²) in [6.45, 7) is 0. The van der Waals surface area contributed by atoms with Crippen LogP contribution < -0.4 is 10.1 Å². The van der Waals surface area contributed by atoms with E-state index in [0.29, 0.717) is 28.5 Å². The number of benzene rings is 1. The van der Waals surface area contributed by atoms with Crippen LogP contribution in [0.1, 0.15) is 31.2 Å². The van der Waals surface area contributed by atoms with Gasteiger partial charge in [-0.05, 0) is 43.9 Å². The lowest BCUT2D eigenvalue weighted by atomic mass is 10.0. The number of nitrogens with zero attached hydrogens (tertiary/aromatic N) is 2. The van der Waals surface area contributed by atoms with Crippen molar-refractivity contribution in [2.75, 3.05) is 0 Å². The van der Waals surface area contributed by atoms with E-state index in [1.54, 1.807) is 18.2 Å². The van der Waals surface area contributed by atoms with E-state index >= 15 is 0 Å². The molecule has 2 fully saturated rings. The first-order chi connectivity index (χ1) is 11.7. The minimum Gasteiger partial charge on any atom is -0.474 e. The molecule has 2 bridgehead atoms. The molecule has 0 aliphatic carbocycles. The quantitative estimate of drug-likeness (QED) is 0.920. The summed E-state index contributed by atoms with van der Waals surface area (Å²) in [7, 11) is 0.